The van der Waals surface area contributed by atoms with Gasteiger partial charge in [-0.2, -0.15) is 8.78 Å². The van der Waals surface area contributed by atoms with Gasteiger partial charge in [-0.3, -0.25) is 4.79 Å². The monoisotopic (exact) mass is 206 g/mol. The van der Waals surface area contributed by atoms with Crippen molar-refractivity contribution in [3.05, 3.63) is 0 Å². The Bertz CT molecular complexity index is 213. The third-order valence-electron chi connectivity index (χ3n) is 2.30. The summed E-state index contributed by atoms with van der Waals surface area (Å²) >= 11 is 0. The first kappa shape index (κ1) is 11.4. The molecule has 1 heterocycles. The van der Waals surface area contributed by atoms with Gasteiger partial charge in [0.25, 0.3) is 5.91 Å². The van der Waals surface area contributed by atoms with Crippen LogP contribution < -0.4 is 10.6 Å². The van der Waals surface area contributed by atoms with Gasteiger partial charge in [0.2, 0.25) is 0 Å². The number of nitrogens with one attached hydrogen (secondary N) is 2. The summed E-state index contributed by atoms with van der Waals surface area (Å²) in [6, 6.07) is -0.247. The van der Waals surface area contributed by atoms with Gasteiger partial charge in [0, 0.05) is 18.5 Å². The zero-order valence-electron chi connectivity index (χ0n) is 8.44. The number of hydrogen-bond acceptors (Lipinski definition) is 2. The van der Waals surface area contributed by atoms with E-state index < -0.39 is 17.7 Å². The van der Waals surface area contributed by atoms with Crippen LogP contribution in [0.3, 0.4) is 0 Å². The van der Waals surface area contributed by atoms with Gasteiger partial charge in [-0.25, -0.2) is 0 Å². The van der Waals surface area contributed by atoms with E-state index >= 15 is 0 Å². The summed E-state index contributed by atoms with van der Waals surface area (Å²) < 4.78 is 26.9. The van der Waals surface area contributed by atoms with Crippen LogP contribution in [0.4, 0.5) is 8.78 Å². The molecule has 3 nitrogen and oxygen atoms in total. The Kier molecular flexibility index (Phi) is 3.42. The quantitative estimate of drug-likeness (QED) is 0.715. The smallest absolute Gasteiger partial charge is 0.328 e. The highest BCUT2D eigenvalue weighted by atomic mass is 19.3. The molecule has 0 aliphatic carbocycles. The lowest BCUT2D eigenvalue weighted by molar-refractivity contribution is -0.153. The van der Waals surface area contributed by atoms with Crippen molar-refractivity contribution in [2.24, 2.45) is 5.92 Å². The largest absolute Gasteiger partial charge is 0.349 e. The molecule has 1 aliphatic rings. The standard InChI is InChI=1S/C9H16F2N2O/c1-6(2)13-8(14)9(10,11)7-3-4-12-5-7/h6-7,12H,3-5H2,1-2H3,(H,13,14). The SMILES string of the molecule is CC(C)NC(=O)C(F)(F)C1CCNC1. The first-order valence-electron chi connectivity index (χ1n) is 4.84. The number of rotatable bonds is 3. The van der Waals surface area contributed by atoms with E-state index in [2.05, 4.69) is 10.6 Å². The Morgan fingerprint density at radius 3 is 2.64 bits per heavy atom. The van der Waals surface area contributed by atoms with Crippen molar-refractivity contribution in [3.8, 4) is 0 Å². The molecule has 0 saturated carbocycles. The Morgan fingerprint density at radius 2 is 2.21 bits per heavy atom. The predicted molar refractivity (Wildman–Crippen MR) is 49.2 cm³/mol. The lowest BCUT2D eigenvalue weighted by Gasteiger charge is -2.22. The van der Waals surface area contributed by atoms with E-state index in [1.54, 1.807) is 13.8 Å². The normalized spacial score (nSPS) is 22.8. The van der Waals surface area contributed by atoms with Gasteiger partial charge in [-0.05, 0) is 26.8 Å². The molecule has 0 bridgehead atoms. The van der Waals surface area contributed by atoms with Gasteiger partial charge in [-0.1, -0.05) is 0 Å². The maximum atomic E-state index is 13.4. The maximum Gasteiger partial charge on any atom is 0.328 e. The van der Waals surface area contributed by atoms with E-state index in [1.807, 2.05) is 0 Å². The molecule has 0 aromatic carbocycles. The molecule has 14 heavy (non-hydrogen) atoms. The highest BCUT2D eigenvalue weighted by Gasteiger charge is 2.47. The molecule has 0 radical (unpaired) electrons. The highest BCUT2D eigenvalue weighted by Crippen LogP contribution is 2.29. The molecule has 1 atom stereocenters. The lowest BCUT2D eigenvalue weighted by Crippen LogP contribution is -2.48. The van der Waals surface area contributed by atoms with Crippen molar-refractivity contribution in [2.75, 3.05) is 13.1 Å². The second-order valence-electron chi connectivity index (χ2n) is 3.94. The molecule has 1 rings (SSSR count). The number of carbonyl (C=O) groups is 1. The molecule has 1 amide bonds. The van der Waals surface area contributed by atoms with Crippen LogP contribution in [0.2, 0.25) is 0 Å². The van der Waals surface area contributed by atoms with Crippen LogP contribution in [0, 0.1) is 5.92 Å². The highest BCUT2D eigenvalue weighted by molar-refractivity contribution is 5.84. The van der Waals surface area contributed by atoms with Crippen LogP contribution in [-0.2, 0) is 4.79 Å². The molecule has 0 aromatic rings. The van der Waals surface area contributed by atoms with Crippen molar-refractivity contribution < 1.29 is 13.6 Å². The van der Waals surface area contributed by atoms with Gasteiger partial charge in [0.1, 0.15) is 0 Å². The predicted octanol–water partition coefficient (Wildman–Crippen LogP) is 0.756. The zero-order chi connectivity index (χ0) is 10.8. The fourth-order valence-corrected chi connectivity index (χ4v) is 1.51. The van der Waals surface area contributed by atoms with Crippen LogP contribution >= 0.6 is 0 Å². The van der Waals surface area contributed by atoms with E-state index in [9.17, 15) is 13.6 Å². The minimum absolute atomic E-state index is 0.221. The molecule has 1 saturated heterocycles. The molecule has 1 unspecified atom stereocenters. The Balaban J connectivity index is 2.58. The zero-order valence-corrected chi connectivity index (χ0v) is 8.44. The second-order valence-corrected chi connectivity index (χ2v) is 3.94. The van der Waals surface area contributed by atoms with E-state index in [0.717, 1.165) is 0 Å². The number of amides is 1. The summed E-state index contributed by atoms with van der Waals surface area (Å²) in [5, 5.41) is 5.07. The average molecular weight is 206 g/mol. The van der Waals surface area contributed by atoms with E-state index in [-0.39, 0.29) is 12.6 Å². The van der Waals surface area contributed by atoms with Gasteiger partial charge >= 0.3 is 5.92 Å². The van der Waals surface area contributed by atoms with Crippen molar-refractivity contribution in [1.29, 1.82) is 0 Å². The Morgan fingerprint density at radius 1 is 1.57 bits per heavy atom. The van der Waals surface area contributed by atoms with Gasteiger partial charge in [0.15, 0.2) is 0 Å². The summed E-state index contributed by atoms with van der Waals surface area (Å²) in [5.41, 5.74) is 0. The maximum absolute atomic E-state index is 13.4. The lowest BCUT2D eigenvalue weighted by atomic mass is 10.00. The fraction of sp³-hybridized carbons (Fsp3) is 0.889. The van der Waals surface area contributed by atoms with Gasteiger partial charge < -0.3 is 10.6 Å². The molecular formula is C9H16F2N2O. The number of halogens is 2. The first-order valence-corrected chi connectivity index (χ1v) is 4.84. The molecule has 82 valence electrons. The van der Waals surface area contributed by atoms with Crippen LogP contribution in [0.25, 0.3) is 0 Å². The molecule has 1 aliphatic heterocycles. The number of carbonyl (C=O) groups excluding carboxylic acids is 1. The van der Waals surface area contributed by atoms with E-state index in [0.29, 0.717) is 13.0 Å². The Labute approximate surface area is 82.2 Å². The number of alkyl halides is 2. The van der Waals surface area contributed by atoms with Crippen LogP contribution in [0.5, 0.6) is 0 Å². The van der Waals surface area contributed by atoms with Crippen molar-refractivity contribution in [1.82, 2.24) is 10.6 Å². The summed E-state index contributed by atoms with van der Waals surface area (Å²) in [6.45, 7) is 4.12. The molecule has 1 fully saturated rings. The molecular weight excluding hydrogens is 190 g/mol. The fourth-order valence-electron chi connectivity index (χ4n) is 1.51. The van der Waals surface area contributed by atoms with Gasteiger partial charge in [0.05, 0.1) is 0 Å². The number of hydrogen-bond donors (Lipinski definition) is 2. The molecule has 0 aromatic heterocycles. The molecule has 5 heteroatoms. The summed E-state index contributed by atoms with van der Waals surface area (Å²) in [7, 11) is 0. The summed E-state index contributed by atoms with van der Waals surface area (Å²) in [5.74, 6) is -5.25. The average Bonchev–Trinajstić information content (AvgIpc) is 2.54. The second kappa shape index (κ2) is 4.21. The third kappa shape index (κ3) is 2.41. The van der Waals surface area contributed by atoms with Crippen molar-refractivity contribution in [3.63, 3.8) is 0 Å². The van der Waals surface area contributed by atoms with Gasteiger partial charge in [-0.15, -0.1) is 0 Å². The minimum atomic E-state index is -3.24. The van der Waals surface area contributed by atoms with Crippen LogP contribution in [-0.4, -0.2) is 31.0 Å². The molecule has 2 N–H and O–H groups in total. The van der Waals surface area contributed by atoms with E-state index in [1.165, 1.54) is 0 Å². The Hall–Kier alpha value is -0.710. The minimum Gasteiger partial charge on any atom is -0.349 e. The summed E-state index contributed by atoms with van der Waals surface area (Å²) in [4.78, 5) is 11.2. The topological polar surface area (TPSA) is 41.1 Å². The van der Waals surface area contributed by atoms with Crippen LogP contribution in [0.1, 0.15) is 20.3 Å². The van der Waals surface area contributed by atoms with E-state index in [4.69, 9.17) is 0 Å². The first-order chi connectivity index (χ1) is 6.44. The van der Waals surface area contributed by atoms with Crippen LogP contribution in [0.15, 0.2) is 0 Å². The van der Waals surface area contributed by atoms with Crippen molar-refractivity contribution in [2.45, 2.75) is 32.2 Å². The van der Waals surface area contributed by atoms with Crippen molar-refractivity contribution >= 4 is 5.91 Å². The third-order valence-corrected chi connectivity index (χ3v) is 2.30. The molecule has 0 spiro atoms. The summed E-state index contributed by atoms with van der Waals surface area (Å²) in [6.07, 6.45) is 0.360.